The molecule has 5 N–H and O–H groups in total. The van der Waals surface area contributed by atoms with E-state index in [1.165, 1.54) is 13.0 Å². The predicted molar refractivity (Wildman–Crippen MR) is 88.6 cm³/mol. The van der Waals surface area contributed by atoms with E-state index in [4.69, 9.17) is 0 Å². The highest BCUT2D eigenvalue weighted by Crippen LogP contribution is 2.46. The number of phenolic OH excluding ortho intramolecular Hbond substituents is 3. The Morgan fingerprint density at radius 2 is 1.65 bits per heavy atom. The number of aliphatic hydroxyl groups is 2. The molecule has 0 saturated carbocycles. The minimum absolute atomic E-state index is 0.0236. The molecule has 0 bridgehead atoms. The first-order valence-electron chi connectivity index (χ1n) is 8.07. The van der Waals surface area contributed by atoms with Crippen LogP contribution in [0.5, 0.6) is 17.2 Å². The van der Waals surface area contributed by atoms with Crippen molar-refractivity contribution in [3.8, 4) is 17.2 Å². The van der Waals surface area contributed by atoms with Gasteiger partial charge in [0.05, 0.1) is 22.8 Å². The molecule has 26 heavy (non-hydrogen) atoms. The van der Waals surface area contributed by atoms with Crippen LogP contribution in [-0.4, -0.2) is 43.2 Å². The molecule has 0 radical (unpaired) electrons. The van der Waals surface area contributed by atoms with E-state index >= 15 is 0 Å². The van der Waals surface area contributed by atoms with Gasteiger partial charge in [-0.25, -0.2) is 0 Å². The lowest BCUT2D eigenvalue weighted by molar-refractivity contribution is -0.0126. The fraction of sp³-hybridized carbons (Fsp3) is 0.263. The second kappa shape index (κ2) is 5.06. The zero-order chi connectivity index (χ0) is 19.0. The van der Waals surface area contributed by atoms with Crippen molar-refractivity contribution in [1.29, 1.82) is 0 Å². The van der Waals surface area contributed by atoms with Gasteiger partial charge in [0.1, 0.15) is 17.2 Å². The van der Waals surface area contributed by atoms with Gasteiger partial charge in [-0.3, -0.25) is 9.59 Å². The number of benzene rings is 2. The number of ketones is 2. The molecule has 0 fully saturated rings. The summed E-state index contributed by atoms with van der Waals surface area (Å²) in [4.78, 5) is 25.7. The number of fused-ring (bicyclic) bond motifs is 3. The van der Waals surface area contributed by atoms with Crippen LogP contribution in [-0.2, 0) is 12.0 Å². The first-order chi connectivity index (χ1) is 12.1. The van der Waals surface area contributed by atoms with Crippen LogP contribution in [0, 0.1) is 0 Å². The Balaban J connectivity index is 2.05. The molecule has 0 aromatic heterocycles. The van der Waals surface area contributed by atoms with Gasteiger partial charge in [0.25, 0.3) is 0 Å². The molecule has 0 unspecified atom stereocenters. The van der Waals surface area contributed by atoms with Gasteiger partial charge in [-0.05, 0) is 31.0 Å². The highest BCUT2D eigenvalue weighted by atomic mass is 16.3. The minimum atomic E-state index is -1.58. The van der Waals surface area contributed by atoms with E-state index in [-0.39, 0.29) is 46.4 Å². The van der Waals surface area contributed by atoms with E-state index in [2.05, 4.69) is 0 Å². The van der Waals surface area contributed by atoms with Gasteiger partial charge >= 0.3 is 0 Å². The van der Waals surface area contributed by atoms with Crippen molar-refractivity contribution < 1.29 is 35.1 Å². The smallest absolute Gasteiger partial charge is 0.201 e. The number of aromatic hydroxyl groups is 3. The Hall–Kier alpha value is -2.90. The zero-order valence-electron chi connectivity index (χ0n) is 13.8. The van der Waals surface area contributed by atoms with Crippen molar-refractivity contribution in [1.82, 2.24) is 0 Å². The Kier molecular flexibility index (Phi) is 3.22. The maximum Gasteiger partial charge on any atom is 0.201 e. The van der Waals surface area contributed by atoms with Crippen LogP contribution in [0.25, 0.3) is 0 Å². The maximum atomic E-state index is 12.9. The van der Waals surface area contributed by atoms with E-state index in [1.807, 2.05) is 0 Å². The molecule has 0 heterocycles. The summed E-state index contributed by atoms with van der Waals surface area (Å²) in [7, 11) is 0. The molecule has 7 nitrogen and oxygen atoms in total. The lowest BCUT2D eigenvalue weighted by atomic mass is 9.73. The quantitative estimate of drug-likeness (QED) is 0.407. The van der Waals surface area contributed by atoms with E-state index in [0.717, 1.165) is 12.1 Å². The standard InChI is InChI=1S/C19H16O7/c1-19(26)6-9(21)2-7-3-10-14(18(25)15(7)19)17(24)13-11(16(10)23)4-8(20)5-12(13)22/h3-5,9,20-22,25-26H,2,6H2,1H3/t9-,19-/m0/s1. The molecule has 2 aromatic rings. The molecular weight excluding hydrogens is 340 g/mol. The lowest BCUT2D eigenvalue weighted by Crippen LogP contribution is -2.36. The van der Waals surface area contributed by atoms with Crippen molar-refractivity contribution in [2.45, 2.75) is 31.5 Å². The Morgan fingerprint density at radius 3 is 2.35 bits per heavy atom. The number of rotatable bonds is 0. The lowest BCUT2D eigenvalue weighted by Gasteiger charge is -2.36. The van der Waals surface area contributed by atoms with Crippen molar-refractivity contribution in [3.05, 3.63) is 51.6 Å². The molecule has 2 atom stereocenters. The Labute approximate surface area is 147 Å². The number of aliphatic hydroxyl groups excluding tert-OH is 1. The molecule has 0 saturated heterocycles. The third kappa shape index (κ3) is 2.07. The Bertz CT molecular complexity index is 1000. The molecular formula is C19H16O7. The van der Waals surface area contributed by atoms with Crippen LogP contribution in [0.4, 0.5) is 0 Å². The van der Waals surface area contributed by atoms with Crippen LogP contribution >= 0.6 is 0 Å². The zero-order valence-corrected chi connectivity index (χ0v) is 13.8. The van der Waals surface area contributed by atoms with Crippen LogP contribution in [0.2, 0.25) is 0 Å². The molecule has 4 rings (SSSR count). The molecule has 0 amide bonds. The van der Waals surface area contributed by atoms with Gasteiger partial charge in [0, 0.05) is 29.2 Å². The fourth-order valence-electron chi connectivity index (χ4n) is 4.08. The van der Waals surface area contributed by atoms with Gasteiger partial charge < -0.3 is 25.5 Å². The second-order valence-corrected chi connectivity index (χ2v) is 7.06. The number of carbonyl (C=O) groups is 2. The SMILES string of the molecule is C[C@]1(O)C[C@@H](O)Cc2cc3c(c(O)c21)C(=O)c1c(O)cc(O)cc1C3=O. The summed E-state index contributed by atoms with van der Waals surface area (Å²) < 4.78 is 0. The average molecular weight is 356 g/mol. The van der Waals surface area contributed by atoms with E-state index < -0.39 is 34.8 Å². The normalized spacial score (nSPS) is 24.0. The van der Waals surface area contributed by atoms with E-state index in [9.17, 15) is 35.1 Å². The van der Waals surface area contributed by atoms with Crippen molar-refractivity contribution in [3.63, 3.8) is 0 Å². The van der Waals surface area contributed by atoms with Crippen LogP contribution in [0.3, 0.4) is 0 Å². The van der Waals surface area contributed by atoms with Gasteiger partial charge in [-0.15, -0.1) is 0 Å². The average Bonchev–Trinajstić information content (AvgIpc) is 2.49. The summed E-state index contributed by atoms with van der Waals surface area (Å²) in [5.74, 6) is -2.87. The fourth-order valence-corrected chi connectivity index (χ4v) is 4.08. The third-order valence-corrected chi connectivity index (χ3v) is 5.06. The van der Waals surface area contributed by atoms with Gasteiger partial charge in [-0.2, -0.15) is 0 Å². The summed E-state index contributed by atoms with van der Waals surface area (Å²) in [6, 6.07) is 3.40. The minimum Gasteiger partial charge on any atom is -0.508 e. The van der Waals surface area contributed by atoms with Gasteiger partial charge in [-0.1, -0.05) is 0 Å². The third-order valence-electron chi connectivity index (χ3n) is 5.06. The monoisotopic (exact) mass is 356 g/mol. The van der Waals surface area contributed by atoms with Crippen molar-refractivity contribution in [2.75, 3.05) is 0 Å². The van der Waals surface area contributed by atoms with E-state index in [1.54, 1.807) is 0 Å². The van der Waals surface area contributed by atoms with Crippen molar-refractivity contribution >= 4 is 11.6 Å². The van der Waals surface area contributed by atoms with Gasteiger partial charge in [0.2, 0.25) is 5.78 Å². The summed E-state index contributed by atoms with van der Waals surface area (Å²) in [5, 5.41) is 51.0. The summed E-state index contributed by atoms with van der Waals surface area (Å²) in [5.41, 5.74) is -1.95. The summed E-state index contributed by atoms with van der Waals surface area (Å²) >= 11 is 0. The molecule has 7 heteroatoms. The maximum absolute atomic E-state index is 12.9. The van der Waals surface area contributed by atoms with Crippen LogP contribution in [0.15, 0.2) is 18.2 Å². The first kappa shape index (κ1) is 16.6. The molecule has 134 valence electrons. The number of hydrogen-bond donors (Lipinski definition) is 5. The van der Waals surface area contributed by atoms with Crippen LogP contribution < -0.4 is 0 Å². The molecule has 2 aromatic carbocycles. The summed E-state index contributed by atoms with van der Waals surface area (Å²) in [6.45, 7) is 1.42. The first-order valence-corrected chi connectivity index (χ1v) is 8.07. The molecule has 0 spiro atoms. The number of phenols is 3. The van der Waals surface area contributed by atoms with E-state index in [0.29, 0.717) is 5.56 Å². The number of hydrogen-bond acceptors (Lipinski definition) is 7. The highest BCUT2D eigenvalue weighted by Gasteiger charge is 2.42. The topological polar surface area (TPSA) is 135 Å². The molecule has 2 aliphatic rings. The van der Waals surface area contributed by atoms with Gasteiger partial charge in [0.15, 0.2) is 5.78 Å². The largest absolute Gasteiger partial charge is 0.508 e. The van der Waals surface area contributed by atoms with Crippen molar-refractivity contribution in [2.24, 2.45) is 0 Å². The molecule has 2 aliphatic carbocycles. The van der Waals surface area contributed by atoms with Crippen LogP contribution in [0.1, 0.15) is 56.3 Å². The number of carbonyl (C=O) groups excluding carboxylic acids is 2. The molecule has 0 aliphatic heterocycles. The highest BCUT2D eigenvalue weighted by molar-refractivity contribution is 6.30. The Morgan fingerprint density at radius 1 is 1.00 bits per heavy atom. The summed E-state index contributed by atoms with van der Waals surface area (Å²) in [6.07, 6.45) is -0.763. The predicted octanol–water partition coefficient (Wildman–Crippen LogP) is 1.09. The second-order valence-electron chi connectivity index (χ2n) is 7.06.